The van der Waals surface area contributed by atoms with Crippen LogP contribution in [-0.4, -0.2) is 11.1 Å². The Morgan fingerprint density at radius 1 is 1.26 bits per heavy atom. The molecule has 2 aromatic rings. The van der Waals surface area contributed by atoms with E-state index in [2.05, 4.69) is 21.7 Å². The quantitative estimate of drug-likeness (QED) is 0.903. The lowest BCUT2D eigenvalue weighted by molar-refractivity contribution is 0.281. The summed E-state index contributed by atoms with van der Waals surface area (Å²) in [6, 6.07) is 7.44. The molecule has 1 aliphatic carbocycles. The van der Waals surface area contributed by atoms with Gasteiger partial charge in [0, 0.05) is 18.3 Å². The van der Waals surface area contributed by atoms with Gasteiger partial charge in [0.15, 0.2) is 0 Å². The fraction of sp³-hybridized carbons (Fsp3) is 0.333. The minimum Gasteiger partial charge on any atom is -0.392 e. The SMILES string of the molecule is OCc1cc(F)cc(N(Cc2ccsc2)C2CC2)c1. The summed E-state index contributed by atoms with van der Waals surface area (Å²) < 4.78 is 13.6. The largest absolute Gasteiger partial charge is 0.392 e. The highest BCUT2D eigenvalue weighted by molar-refractivity contribution is 7.07. The van der Waals surface area contributed by atoms with E-state index in [1.54, 1.807) is 17.4 Å². The van der Waals surface area contributed by atoms with Crippen LogP contribution in [0.2, 0.25) is 0 Å². The highest BCUT2D eigenvalue weighted by Crippen LogP contribution is 2.34. The van der Waals surface area contributed by atoms with Gasteiger partial charge in [0.1, 0.15) is 5.82 Å². The summed E-state index contributed by atoms with van der Waals surface area (Å²) in [6.45, 7) is 0.685. The van der Waals surface area contributed by atoms with Crippen LogP contribution in [0.25, 0.3) is 0 Å². The first-order chi connectivity index (χ1) is 9.26. The molecule has 0 bridgehead atoms. The summed E-state index contributed by atoms with van der Waals surface area (Å²) in [5.41, 5.74) is 2.76. The molecule has 1 fully saturated rings. The second-order valence-electron chi connectivity index (χ2n) is 4.97. The molecule has 19 heavy (non-hydrogen) atoms. The van der Waals surface area contributed by atoms with Gasteiger partial charge in [-0.2, -0.15) is 11.3 Å². The molecule has 4 heteroatoms. The highest BCUT2D eigenvalue weighted by Gasteiger charge is 2.29. The summed E-state index contributed by atoms with van der Waals surface area (Å²) in [6.07, 6.45) is 2.32. The molecular weight excluding hydrogens is 261 g/mol. The summed E-state index contributed by atoms with van der Waals surface area (Å²) in [5.74, 6) is -0.280. The van der Waals surface area contributed by atoms with Crippen LogP contribution in [0.4, 0.5) is 10.1 Å². The van der Waals surface area contributed by atoms with Crippen LogP contribution in [0.15, 0.2) is 35.0 Å². The number of rotatable bonds is 5. The minimum atomic E-state index is -0.280. The molecule has 1 heterocycles. The minimum absolute atomic E-state index is 0.123. The van der Waals surface area contributed by atoms with E-state index >= 15 is 0 Å². The maximum atomic E-state index is 13.6. The summed E-state index contributed by atoms with van der Waals surface area (Å²) >= 11 is 1.68. The van der Waals surface area contributed by atoms with E-state index < -0.39 is 0 Å². The number of halogens is 1. The van der Waals surface area contributed by atoms with Crippen molar-refractivity contribution >= 4 is 17.0 Å². The monoisotopic (exact) mass is 277 g/mol. The molecule has 1 saturated carbocycles. The van der Waals surface area contributed by atoms with Gasteiger partial charge in [0.05, 0.1) is 6.61 Å². The van der Waals surface area contributed by atoms with Crippen molar-refractivity contribution in [3.63, 3.8) is 0 Å². The first-order valence-corrected chi connectivity index (χ1v) is 7.38. The molecule has 3 rings (SSSR count). The van der Waals surface area contributed by atoms with Crippen molar-refractivity contribution in [2.24, 2.45) is 0 Å². The van der Waals surface area contributed by atoms with Gasteiger partial charge in [-0.15, -0.1) is 0 Å². The summed E-state index contributed by atoms with van der Waals surface area (Å²) in [7, 11) is 0. The Morgan fingerprint density at radius 3 is 2.74 bits per heavy atom. The van der Waals surface area contributed by atoms with Crippen molar-refractivity contribution in [2.75, 3.05) is 4.90 Å². The zero-order chi connectivity index (χ0) is 13.2. The maximum absolute atomic E-state index is 13.6. The first kappa shape index (κ1) is 12.6. The van der Waals surface area contributed by atoms with E-state index in [9.17, 15) is 9.50 Å². The standard InChI is InChI=1S/C15H16FNOS/c16-13-5-12(9-18)6-15(7-13)17(14-1-2-14)8-11-3-4-19-10-11/h3-7,10,14,18H,1-2,8-9H2. The van der Waals surface area contributed by atoms with Crippen LogP contribution in [0.1, 0.15) is 24.0 Å². The normalized spacial score (nSPS) is 14.6. The molecule has 100 valence electrons. The summed E-state index contributed by atoms with van der Waals surface area (Å²) in [4.78, 5) is 2.24. The van der Waals surface area contributed by atoms with Gasteiger partial charge >= 0.3 is 0 Å². The van der Waals surface area contributed by atoms with Gasteiger partial charge in [-0.1, -0.05) is 0 Å². The molecule has 1 aromatic carbocycles. The number of aliphatic hydroxyl groups is 1. The third-order valence-corrected chi connectivity index (χ3v) is 4.11. The van der Waals surface area contributed by atoms with Crippen LogP contribution in [-0.2, 0) is 13.2 Å². The number of benzene rings is 1. The number of thiophene rings is 1. The molecule has 0 aliphatic heterocycles. The number of nitrogens with zero attached hydrogens (tertiary/aromatic N) is 1. The average Bonchev–Trinajstić information content (AvgIpc) is 3.12. The van der Waals surface area contributed by atoms with E-state index in [1.165, 1.54) is 11.6 Å². The molecule has 2 nitrogen and oxygen atoms in total. The van der Waals surface area contributed by atoms with Crippen LogP contribution in [0, 0.1) is 5.82 Å². The fourth-order valence-corrected chi connectivity index (χ4v) is 2.95. The van der Waals surface area contributed by atoms with Gasteiger partial charge in [-0.05, 0) is 59.0 Å². The lowest BCUT2D eigenvalue weighted by Gasteiger charge is -2.25. The number of aliphatic hydroxyl groups excluding tert-OH is 1. The van der Waals surface area contributed by atoms with Gasteiger partial charge < -0.3 is 10.0 Å². The van der Waals surface area contributed by atoms with Gasteiger partial charge in [0.2, 0.25) is 0 Å². The van der Waals surface area contributed by atoms with Crippen molar-refractivity contribution in [1.82, 2.24) is 0 Å². The zero-order valence-corrected chi connectivity index (χ0v) is 11.4. The Labute approximate surface area is 116 Å². The molecule has 0 atom stereocenters. The van der Waals surface area contributed by atoms with Crippen molar-refractivity contribution in [3.8, 4) is 0 Å². The zero-order valence-electron chi connectivity index (χ0n) is 10.6. The van der Waals surface area contributed by atoms with Crippen molar-refractivity contribution in [3.05, 3.63) is 52.0 Å². The predicted octanol–water partition coefficient (Wildman–Crippen LogP) is 3.55. The molecule has 0 radical (unpaired) electrons. The van der Waals surface area contributed by atoms with E-state index in [1.807, 2.05) is 6.07 Å². The van der Waals surface area contributed by atoms with E-state index in [0.29, 0.717) is 11.6 Å². The number of anilines is 1. The Balaban J connectivity index is 1.89. The highest BCUT2D eigenvalue weighted by atomic mass is 32.1. The van der Waals surface area contributed by atoms with Gasteiger partial charge in [0.25, 0.3) is 0 Å². The molecule has 1 aromatic heterocycles. The molecule has 0 spiro atoms. The number of hydrogen-bond acceptors (Lipinski definition) is 3. The second-order valence-corrected chi connectivity index (χ2v) is 5.75. The molecule has 1 N–H and O–H groups in total. The third-order valence-electron chi connectivity index (χ3n) is 3.38. The predicted molar refractivity (Wildman–Crippen MR) is 75.8 cm³/mol. The molecule has 1 aliphatic rings. The lowest BCUT2D eigenvalue weighted by Crippen LogP contribution is -2.25. The van der Waals surface area contributed by atoms with E-state index in [4.69, 9.17) is 0 Å². The Kier molecular flexibility index (Phi) is 3.53. The smallest absolute Gasteiger partial charge is 0.125 e. The van der Waals surface area contributed by atoms with Crippen molar-refractivity contribution < 1.29 is 9.50 Å². The first-order valence-electron chi connectivity index (χ1n) is 6.44. The molecule has 0 amide bonds. The Hall–Kier alpha value is -1.39. The molecule has 0 saturated heterocycles. The second kappa shape index (κ2) is 5.31. The molecular formula is C15H16FNOS. The van der Waals surface area contributed by atoms with Gasteiger partial charge in [-0.25, -0.2) is 4.39 Å². The average molecular weight is 277 g/mol. The van der Waals surface area contributed by atoms with Crippen LogP contribution >= 0.6 is 11.3 Å². The summed E-state index contributed by atoms with van der Waals surface area (Å²) in [5, 5.41) is 13.4. The van der Waals surface area contributed by atoms with Crippen LogP contribution < -0.4 is 4.90 Å². The number of hydrogen-bond donors (Lipinski definition) is 1. The Bertz CT molecular complexity index is 551. The molecule has 0 unspecified atom stereocenters. The van der Waals surface area contributed by atoms with Crippen LogP contribution in [0.5, 0.6) is 0 Å². The van der Waals surface area contributed by atoms with E-state index in [-0.39, 0.29) is 12.4 Å². The fourth-order valence-electron chi connectivity index (χ4n) is 2.29. The Morgan fingerprint density at radius 2 is 2.11 bits per heavy atom. The van der Waals surface area contributed by atoms with E-state index in [0.717, 1.165) is 25.1 Å². The third kappa shape index (κ3) is 2.96. The van der Waals surface area contributed by atoms with Crippen LogP contribution in [0.3, 0.4) is 0 Å². The van der Waals surface area contributed by atoms with Gasteiger partial charge in [-0.3, -0.25) is 0 Å². The topological polar surface area (TPSA) is 23.5 Å². The van der Waals surface area contributed by atoms with Crippen molar-refractivity contribution in [1.29, 1.82) is 0 Å². The van der Waals surface area contributed by atoms with Crippen molar-refractivity contribution in [2.45, 2.75) is 32.0 Å². The maximum Gasteiger partial charge on any atom is 0.125 e. The lowest BCUT2D eigenvalue weighted by atomic mass is 10.1.